The van der Waals surface area contributed by atoms with E-state index in [1.165, 1.54) is 7.11 Å². The number of rotatable bonds is 7. The molecule has 1 unspecified atom stereocenters. The molecular formula is C23H32N4O6S. The third-order valence-corrected chi connectivity index (χ3v) is 8.02. The van der Waals surface area contributed by atoms with E-state index >= 15 is 0 Å². The largest absolute Gasteiger partial charge is 0.497 e. The number of ether oxygens (including phenoxy) is 1. The molecule has 1 saturated heterocycles. The Hall–Kier alpha value is -2.95. The lowest BCUT2D eigenvalue weighted by Crippen LogP contribution is -2.56. The maximum Gasteiger partial charge on any atom is 0.231 e. The van der Waals surface area contributed by atoms with Gasteiger partial charge in [-0.1, -0.05) is 13.8 Å². The van der Waals surface area contributed by atoms with Gasteiger partial charge in [-0.2, -0.15) is 0 Å². The fourth-order valence-corrected chi connectivity index (χ4v) is 6.13. The lowest BCUT2D eigenvalue weighted by Gasteiger charge is -2.44. The topological polar surface area (TPSA) is 132 Å². The molecule has 1 aliphatic heterocycles. The first-order valence-electron chi connectivity index (χ1n) is 11.1. The highest BCUT2D eigenvalue weighted by Crippen LogP contribution is 2.30. The van der Waals surface area contributed by atoms with Crippen molar-refractivity contribution in [3.8, 4) is 5.75 Å². The molecule has 0 saturated carbocycles. The Bertz CT molecular complexity index is 1160. The molecule has 0 radical (unpaired) electrons. The fraction of sp³-hybridized carbons (Fsp3) is 0.565. The predicted octanol–water partition coefficient (Wildman–Crippen LogP) is 1.97. The summed E-state index contributed by atoms with van der Waals surface area (Å²) in [6, 6.07) is 3.21. The van der Waals surface area contributed by atoms with Crippen molar-refractivity contribution in [1.29, 1.82) is 0 Å². The van der Waals surface area contributed by atoms with Crippen LogP contribution in [0, 0.1) is 19.3 Å². The van der Waals surface area contributed by atoms with Crippen LogP contribution in [0.2, 0.25) is 0 Å². The smallest absolute Gasteiger partial charge is 0.231 e. The van der Waals surface area contributed by atoms with Gasteiger partial charge in [0.15, 0.2) is 9.84 Å². The number of hydrogen-bond acceptors (Lipinski definition) is 8. The Morgan fingerprint density at radius 2 is 1.82 bits per heavy atom. The molecule has 1 N–H and O–H groups in total. The Kier molecular flexibility index (Phi) is 7.35. The molecule has 1 aliphatic rings. The zero-order valence-electron chi connectivity index (χ0n) is 20.5. The summed E-state index contributed by atoms with van der Waals surface area (Å²) in [4.78, 5) is 26.3. The van der Waals surface area contributed by atoms with Gasteiger partial charge < -0.3 is 19.4 Å². The van der Waals surface area contributed by atoms with Crippen LogP contribution in [0.25, 0.3) is 0 Å². The van der Waals surface area contributed by atoms with E-state index in [-0.39, 0.29) is 46.4 Å². The third kappa shape index (κ3) is 5.75. The molecule has 1 atom stereocenters. The molecule has 0 spiro atoms. The van der Waals surface area contributed by atoms with E-state index in [0.717, 1.165) is 0 Å². The molecule has 1 fully saturated rings. The van der Waals surface area contributed by atoms with E-state index in [9.17, 15) is 18.0 Å². The van der Waals surface area contributed by atoms with Crippen molar-refractivity contribution in [3.63, 3.8) is 0 Å². The minimum absolute atomic E-state index is 0.0196. The van der Waals surface area contributed by atoms with Crippen LogP contribution in [0.3, 0.4) is 0 Å². The maximum absolute atomic E-state index is 13.0. The minimum atomic E-state index is -3.75. The van der Waals surface area contributed by atoms with Gasteiger partial charge in [0, 0.05) is 31.5 Å². The summed E-state index contributed by atoms with van der Waals surface area (Å²) >= 11 is 0. The number of nitrogens with zero attached hydrogens (tertiary/aromatic N) is 3. The molecule has 2 amide bonds. The molecule has 0 aliphatic carbocycles. The molecule has 3 rings (SSSR count). The molecule has 10 nitrogen and oxygen atoms in total. The van der Waals surface area contributed by atoms with Gasteiger partial charge >= 0.3 is 0 Å². The van der Waals surface area contributed by atoms with Crippen LogP contribution in [0.15, 0.2) is 21.4 Å². The van der Waals surface area contributed by atoms with Crippen molar-refractivity contribution >= 4 is 21.7 Å². The maximum atomic E-state index is 13.0. The quantitative estimate of drug-likeness (QED) is 0.621. The van der Waals surface area contributed by atoms with Crippen LogP contribution in [-0.4, -0.2) is 61.6 Å². The van der Waals surface area contributed by atoms with E-state index < -0.39 is 15.6 Å². The summed E-state index contributed by atoms with van der Waals surface area (Å²) in [5.74, 6) is -0.195. The first-order chi connectivity index (χ1) is 15.8. The summed E-state index contributed by atoms with van der Waals surface area (Å²) in [6.07, 6.45) is 0.489. The second kappa shape index (κ2) is 9.73. The molecule has 11 heteroatoms. The predicted molar refractivity (Wildman–Crippen MR) is 124 cm³/mol. The summed E-state index contributed by atoms with van der Waals surface area (Å²) in [5.41, 5.74) is 0.839. The minimum Gasteiger partial charge on any atom is -0.497 e. The number of aryl methyl sites for hydroxylation is 2. The SMILES string of the molecule is COc1cc(C)c(S(=O)(=O)Cc2nnc(CC(=O)NC3CCN(C(C)=O)CC3(C)C)o2)c(C)c1. The van der Waals surface area contributed by atoms with Crippen LogP contribution in [0.4, 0.5) is 0 Å². The molecule has 0 bridgehead atoms. The van der Waals surface area contributed by atoms with Gasteiger partial charge in [0.1, 0.15) is 17.9 Å². The van der Waals surface area contributed by atoms with E-state index in [1.807, 2.05) is 13.8 Å². The van der Waals surface area contributed by atoms with Gasteiger partial charge in [0.25, 0.3) is 0 Å². The van der Waals surface area contributed by atoms with Crippen LogP contribution < -0.4 is 10.1 Å². The summed E-state index contributed by atoms with van der Waals surface area (Å²) < 4.78 is 36.7. The van der Waals surface area contributed by atoms with Crippen molar-refractivity contribution in [2.75, 3.05) is 20.2 Å². The van der Waals surface area contributed by atoms with Crippen molar-refractivity contribution in [1.82, 2.24) is 20.4 Å². The number of hydrogen-bond donors (Lipinski definition) is 1. The van der Waals surface area contributed by atoms with Gasteiger partial charge in [0.2, 0.25) is 23.6 Å². The molecular weight excluding hydrogens is 460 g/mol. The molecule has 2 heterocycles. The third-order valence-electron chi connectivity index (χ3n) is 6.12. The average Bonchev–Trinajstić information content (AvgIpc) is 3.13. The number of likely N-dealkylation sites (tertiary alicyclic amines) is 1. The fourth-order valence-electron chi connectivity index (χ4n) is 4.45. The molecule has 2 aromatic rings. The summed E-state index contributed by atoms with van der Waals surface area (Å²) in [6.45, 7) is 10.1. The molecule has 186 valence electrons. The zero-order valence-corrected chi connectivity index (χ0v) is 21.3. The van der Waals surface area contributed by atoms with Crippen LogP contribution in [0.5, 0.6) is 5.75 Å². The zero-order chi connectivity index (χ0) is 25.3. The number of sulfone groups is 1. The first kappa shape index (κ1) is 25.7. The van der Waals surface area contributed by atoms with Crippen LogP contribution in [-0.2, 0) is 31.6 Å². The number of aromatic nitrogens is 2. The molecule has 1 aromatic heterocycles. The highest BCUT2D eigenvalue weighted by Gasteiger charge is 2.37. The van der Waals surface area contributed by atoms with E-state index in [2.05, 4.69) is 15.5 Å². The highest BCUT2D eigenvalue weighted by atomic mass is 32.2. The summed E-state index contributed by atoms with van der Waals surface area (Å²) in [7, 11) is -2.23. The van der Waals surface area contributed by atoms with Crippen molar-refractivity contribution < 1.29 is 27.2 Å². The Balaban J connectivity index is 1.65. The lowest BCUT2D eigenvalue weighted by molar-refractivity contribution is -0.133. The lowest BCUT2D eigenvalue weighted by atomic mass is 9.79. The Morgan fingerprint density at radius 1 is 1.21 bits per heavy atom. The average molecular weight is 493 g/mol. The van der Waals surface area contributed by atoms with Gasteiger partial charge in [-0.25, -0.2) is 8.42 Å². The van der Waals surface area contributed by atoms with Gasteiger partial charge in [0.05, 0.1) is 12.0 Å². The van der Waals surface area contributed by atoms with E-state index in [4.69, 9.17) is 9.15 Å². The van der Waals surface area contributed by atoms with Gasteiger partial charge in [-0.05, 0) is 43.5 Å². The number of piperidine rings is 1. The number of benzene rings is 1. The van der Waals surface area contributed by atoms with Crippen LogP contribution >= 0.6 is 0 Å². The van der Waals surface area contributed by atoms with Crippen molar-refractivity contribution in [3.05, 3.63) is 35.0 Å². The second-order valence-corrected chi connectivity index (χ2v) is 11.4. The standard InChI is InChI=1S/C23H32N4O6S/c1-14-9-17(32-6)10-15(2)22(14)34(30,31)12-21-26-25-20(33-21)11-19(29)24-18-7-8-27(16(3)28)13-23(18,4)5/h9-10,18H,7-8,11-13H2,1-6H3,(H,24,29). The van der Waals surface area contributed by atoms with Gasteiger partial charge in [-0.3, -0.25) is 9.59 Å². The van der Waals surface area contributed by atoms with E-state index in [1.54, 1.807) is 37.8 Å². The van der Waals surface area contributed by atoms with Crippen molar-refractivity contribution in [2.45, 2.75) is 64.2 Å². The first-order valence-corrected chi connectivity index (χ1v) is 12.7. The second-order valence-electron chi connectivity index (χ2n) is 9.45. The van der Waals surface area contributed by atoms with Crippen LogP contribution in [0.1, 0.15) is 50.1 Å². The van der Waals surface area contributed by atoms with Gasteiger partial charge in [-0.15, -0.1) is 10.2 Å². The normalized spacial score (nSPS) is 17.9. The van der Waals surface area contributed by atoms with Crippen molar-refractivity contribution in [2.24, 2.45) is 5.41 Å². The number of carbonyl (C=O) groups is 2. The summed E-state index contributed by atoms with van der Waals surface area (Å²) in [5, 5.41) is 10.7. The monoisotopic (exact) mass is 492 g/mol. The Labute approximate surface area is 200 Å². The number of carbonyl (C=O) groups excluding carboxylic acids is 2. The number of nitrogens with one attached hydrogen (secondary N) is 1. The number of amides is 2. The number of methoxy groups -OCH3 is 1. The Morgan fingerprint density at radius 3 is 2.38 bits per heavy atom. The van der Waals surface area contributed by atoms with E-state index in [0.29, 0.717) is 36.4 Å². The molecule has 1 aromatic carbocycles. The highest BCUT2D eigenvalue weighted by molar-refractivity contribution is 7.90. The molecule has 34 heavy (non-hydrogen) atoms.